The number of alkyl halides is 3. The van der Waals surface area contributed by atoms with Crippen molar-refractivity contribution in [1.29, 1.82) is 0 Å². The van der Waals surface area contributed by atoms with E-state index >= 15 is 0 Å². The molecule has 0 unspecified atom stereocenters. The molecule has 1 aromatic carbocycles. The molecule has 2 N–H and O–H groups in total. The van der Waals surface area contributed by atoms with Gasteiger partial charge in [0.15, 0.2) is 0 Å². The smallest absolute Gasteiger partial charge is 0.399 e. The largest absolute Gasteiger partial charge is 0.411 e. The maximum absolute atomic E-state index is 12.0. The average molecular weight is 290 g/mol. The van der Waals surface area contributed by atoms with E-state index in [2.05, 4.69) is 4.74 Å². The van der Waals surface area contributed by atoms with Gasteiger partial charge in [0, 0.05) is 24.8 Å². The molecule has 0 spiro atoms. The number of halogens is 3. The van der Waals surface area contributed by atoms with Crippen LogP contribution in [-0.4, -0.2) is 36.9 Å². The topological polar surface area (TPSA) is 38.5 Å². The molecule has 0 aromatic heterocycles. The molecule has 0 aliphatic carbocycles. The maximum atomic E-state index is 12.0. The van der Waals surface area contributed by atoms with Crippen LogP contribution in [0.15, 0.2) is 24.3 Å². The first-order chi connectivity index (χ1) is 9.28. The molecule has 0 saturated carbocycles. The first-order valence-electron chi connectivity index (χ1n) is 6.51. The summed E-state index contributed by atoms with van der Waals surface area (Å²) in [5, 5.41) is 0. The Morgan fingerprint density at radius 2 is 2.00 bits per heavy atom. The standard InChI is InChI=1S/C14H21F3N2O/c1-11(2)19(6-7-20-10-14(15,16)17)9-12-4-3-5-13(18)8-12/h3-5,8,11H,6-7,9-10,18H2,1-2H3. The lowest BCUT2D eigenvalue weighted by Crippen LogP contribution is -2.34. The van der Waals surface area contributed by atoms with Gasteiger partial charge in [-0.15, -0.1) is 0 Å². The molecule has 0 fully saturated rings. The van der Waals surface area contributed by atoms with E-state index in [0.717, 1.165) is 5.56 Å². The van der Waals surface area contributed by atoms with Crippen LogP contribution in [0.1, 0.15) is 19.4 Å². The van der Waals surface area contributed by atoms with Crippen LogP contribution in [0, 0.1) is 0 Å². The SMILES string of the molecule is CC(C)N(CCOCC(F)(F)F)Cc1cccc(N)c1. The van der Waals surface area contributed by atoms with Crippen molar-refractivity contribution < 1.29 is 17.9 Å². The third-order valence-electron chi connectivity index (χ3n) is 2.86. The van der Waals surface area contributed by atoms with Gasteiger partial charge in [-0.05, 0) is 31.5 Å². The highest BCUT2D eigenvalue weighted by molar-refractivity contribution is 5.40. The zero-order valence-electron chi connectivity index (χ0n) is 11.8. The van der Waals surface area contributed by atoms with E-state index in [-0.39, 0.29) is 12.6 Å². The highest BCUT2D eigenvalue weighted by atomic mass is 19.4. The van der Waals surface area contributed by atoms with E-state index in [1.54, 1.807) is 6.07 Å². The molecule has 0 aliphatic heterocycles. The lowest BCUT2D eigenvalue weighted by atomic mass is 10.1. The van der Waals surface area contributed by atoms with Gasteiger partial charge in [-0.25, -0.2) is 0 Å². The van der Waals surface area contributed by atoms with Crippen LogP contribution in [0.3, 0.4) is 0 Å². The predicted octanol–water partition coefficient (Wildman–Crippen LogP) is 3.06. The summed E-state index contributed by atoms with van der Waals surface area (Å²) >= 11 is 0. The van der Waals surface area contributed by atoms with E-state index in [4.69, 9.17) is 5.73 Å². The number of ether oxygens (including phenoxy) is 1. The minimum Gasteiger partial charge on any atom is -0.399 e. The van der Waals surface area contributed by atoms with Gasteiger partial charge in [0.2, 0.25) is 0 Å². The van der Waals surface area contributed by atoms with Crippen molar-refractivity contribution in [3.8, 4) is 0 Å². The molecule has 20 heavy (non-hydrogen) atoms. The lowest BCUT2D eigenvalue weighted by molar-refractivity contribution is -0.174. The van der Waals surface area contributed by atoms with Gasteiger partial charge in [0.05, 0.1) is 6.61 Å². The normalized spacial score (nSPS) is 12.3. The Hall–Kier alpha value is -1.27. The van der Waals surface area contributed by atoms with E-state index in [1.807, 2.05) is 36.9 Å². The summed E-state index contributed by atoms with van der Waals surface area (Å²) in [6.45, 7) is 3.93. The van der Waals surface area contributed by atoms with E-state index in [1.165, 1.54) is 0 Å². The van der Waals surface area contributed by atoms with Crippen LogP contribution in [0.2, 0.25) is 0 Å². The van der Waals surface area contributed by atoms with Crippen molar-refractivity contribution in [2.45, 2.75) is 32.6 Å². The van der Waals surface area contributed by atoms with Gasteiger partial charge in [0.1, 0.15) is 6.61 Å². The monoisotopic (exact) mass is 290 g/mol. The van der Waals surface area contributed by atoms with E-state index in [0.29, 0.717) is 18.8 Å². The molecule has 114 valence electrons. The van der Waals surface area contributed by atoms with Crippen molar-refractivity contribution in [2.24, 2.45) is 0 Å². The Morgan fingerprint density at radius 3 is 2.55 bits per heavy atom. The molecular formula is C14H21F3N2O. The number of hydrogen-bond donors (Lipinski definition) is 1. The first-order valence-corrected chi connectivity index (χ1v) is 6.51. The number of nitrogens with two attached hydrogens (primary N) is 1. The van der Waals surface area contributed by atoms with Gasteiger partial charge < -0.3 is 10.5 Å². The summed E-state index contributed by atoms with van der Waals surface area (Å²) in [6.07, 6.45) is -4.27. The Kier molecular flexibility index (Phi) is 6.29. The van der Waals surface area contributed by atoms with Gasteiger partial charge in [0.25, 0.3) is 0 Å². The van der Waals surface area contributed by atoms with E-state index < -0.39 is 12.8 Å². The molecule has 1 aromatic rings. The van der Waals surface area contributed by atoms with E-state index in [9.17, 15) is 13.2 Å². The van der Waals surface area contributed by atoms with Crippen molar-refractivity contribution in [3.05, 3.63) is 29.8 Å². The zero-order chi connectivity index (χ0) is 15.2. The number of benzene rings is 1. The summed E-state index contributed by atoms with van der Waals surface area (Å²) in [5.74, 6) is 0. The van der Waals surface area contributed by atoms with Crippen molar-refractivity contribution >= 4 is 5.69 Å². The molecule has 0 saturated heterocycles. The lowest BCUT2D eigenvalue weighted by Gasteiger charge is -2.26. The number of nitrogen functional groups attached to an aromatic ring is 1. The highest BCUT2D eigenvalue weighted by Crippen LogP contribution is 2.15. The molecule has 0 bridgehead atoms. The number of nitrogens with zero attached hydrogens (tertiary/aromatic N) is 1. The quantitative estimate of drug-likeness (QED) is 0.619. The zero-order valence-corrected chi connectivity index (χ0v) is 11.8. The molecule has 1 rings (SSSR count). The Balaban J connectivity index is 2.45. The maximum Gasteiger partial charge on any atom is 0.411 e. The van der Waals surface area contributed by atoms with Crippen molar-refractivity contribution in [2.75, 3.05) is 25.5 Å². The Morgan fingerprint density at radius 1 is 1.30 bits per heavy atom. The van der Waals surface area contributed by atoms with Gasteiger partial charge in [-0.1, -0.05) is 12.1 Å². The summed E-state index contributed by atoms with van der Waals surface area (Å²) in [5.41, 5.74) is 7.43. The van der Waals surface area contributed by atoms with Crippen LogP contribution in [0.4, 0.5) is 18.9 Å². The number of hydrogen-bond acceptors (Lipinski definition) is 3. The Bertz CT molecular complexity index is 408. The fourth-order valence-corrected chi connectivity index (χ4v) is 1.82. The van der Waals surface area contributed by atoms with Crippen LogP contribution in [0.5, 0.6) is 0 Å². The van der Waals surface area contributed by atoms with Crippen LogP contribution < -0.4 is 5.73 Å². The fraction of sp³-hybridized carbons (Fsp3) is 0.571. The Labute approximate surface area is 117 Å². The predicted molar refractivity (Wildman–Crippen MR) is 73.3 cm³/mol. The molecule has 0 radical (unpaired) electrons. The first kappa shape index (κ1) is 16.8. The minimum absolute atomic E-state index is 0.0556. The second-order valence-corrected chi connectivity index (χ2v) is 4.98. The van der Waals surface area contributed by atoms with Gasteiger partial charge >= 0.3 is 6.18 Å². The summed E-state index contributed by atoms with van der Waals surface area (Å²) in [4.78, 5) is 2.05. The van der Waals surface area contributed by atoms with Crippen molar-refractivity contribution in [1.82, 2.24) is 4.90 Å². The third kappa shape index (κ3) is 6.77. The molecule has 0 aliphatic rings. The molecule has 3 nitrogen and oxygen atoms in total. The average Bonchev–Trinajstić information content (AvgIpc) is 2.31. The second kappa shape index (κ2) is 7.50. The minimum atomic E-state index is -4.27. The number of anilines is 1. The molecule has 0 heterocycles. The molecule has 6 heteroatoms. The third-order valence-corrected chi connectivity index (χ3v) is 2.86. The fourth-order valence-electron chi connectivity index (χ4n) is 1.82. The molecule has 0 amide bonds. The van der Waals surface area contributed by atoms with Crippen LogP contribution in [0.25, 0.3) is 0 Å². The highest BCUT2D eigenvalue weighted by Gasteiger charge is 2.27. The van der Waals surface area contributed by atoms with Crippen LogP contribution in [-0.2, 0) is 11.3 Å². The summed E-state index contributed by atoms with van der Waals surface area (Å²) in [7, 11) is 0. The summed E-state index contributed by atoms with van der Waals surface area (Å²) in [6, 6.07) is 7.69. The van der Waals surface area contributed by atoms with Gasteiger partial charge in [-0.3, -0.25) is 4.90 Å². The van der Waals surface area contributed by atoms with Gasteiger partial charge in [-0.2, -0.15) is 13.2 Å². The second-order valence-electron chi connectivity index (χ2n) is 4.98. The summed E-state index contributed by atoms with van der Waals surface area (Å²) < 4.78 is 40.6. The molecule has 0 atom stereocenters. The molecular weight excluding hydrogens is 269 g/mol. The van der Waals surface area contributed by atoms with Crippen molar-refractivity contribution in [3.63, 3.8) is 0 Å². The van der Waals surface area contributed by atoms with Crippen LogP contribution >= 0.6 is 0 Å². The number of rotatable bonds is 7.